The highest BCUT2D eigenvalue weighted by Gasteiger charge is 2.15. The minimum atomic E-state index is -1.23. The Morgan fingerprint density at radius 1 is 1.24 bits per heavy atom. The standard InChI is InChI=1S/C11H10F2O4/c1-6-2-7(9(13)3-8(6)12)10(14)4-17-5-11(15)16/h2-3H,4-5H2,1H3,(H,15,16). The van der Waals surface area contributed by atoms with Crippen LogP contribution in [0.4, 0.5) is 8.78 Å². The number of carbonyl (C=O) groups excluding carboxylic acids is 1. The van der Waals surface area contributed by atoms with E-state index in [9.17, 15) is 18.4 Å². The molecule has 1 N–H and O–H groups in total. The summed E-state index contributed by atoms with van der Waals surface area (Å²) < 4.78 is 30.7. The molecule has 0 radical (unpaired) electrons. The van der Waals surface area contributed by atoms with E-state index in [0.717, 1.165) is 6.07 Å². The average Bonchev–Trinajstić information content (AvgIpc) is 2.22. The number of carbonyl (C=O) groups is 2. The van der Waals surface area contributed by atoms with Gasteiger partial charge in [-0.1, -0.05) is 0 Å². The molecular weight excluding hydrogens is 234 g/mol. The molecule has 0 saturated heterocycles. The summed E-state index contributed by atoms with van der Waals surface area (Å²) in [5.41, 5.74) is -0.178. The lowest BCUT2D eigenvalue weighted by Crippen LogP contribution is -2.15. The Morgan fingerprint density at radius 2 is 1.88 bits per heavy atom. The SMILES string of the molecule is Cc1cc(C(=O)COCC(=O)O)c(F)cc1F. The molecule has 1 aromatic carbocycles. The van der Waals surface area contributed by atoms with E-state index in [0.29, 0.717) is 6.07 Å². The summed E-state index contributed by atoms with van der Waals surface area (Å²) in [6.07, 6.45) is 0. The monoisotopic (exact) mass is 244 g/mol. The molecule has 0 fully saturated rings. The van der Waals surface area contributed by atoms with Gasteiger partial charge in [-0.3, -0.25) is 4.79 Å². The van der Waals surface area contributed by atoms with Crippen LogP contribution in [-0.2, 0) is 9.53 Å². The number of halogens is 2. The number of benzene rings is 1. The molecule has 0 aromatic heterocycles. The van der Waals surface area contributed by atoms with Gasteiger partial charge in [0.15, 0.2) is 5.78 Å². The van der Waals surface area contributed by atoms with E-state index in [2.05, 4.69) is 4.74 Å². The third-order valence-corrected chi connectivity index (χ3v) is 2.01. The van der Waals surface area contributed by atoms with E-state index < -0.39 is 36.6 Å². The van der Waals surface area contributed by atoms with Crippen molar-refractivity contribution in [2.24, 2.45) is 0 Å². The van der Waals surface area contributed by atoms with Gasteiger partial charge in [-0.25, -0.2) is 13.6 Å². The summed E-state index contributed by atoms with van der Waals surface area (Å²) in [7, 11) is 0. The molecule has 4 nitrogen and oxygen atoms in total. The molecule has 0 amide bonds. The van der Waals surface area contributed by atoms with Crippen molar-refractivity contribution in [1.82, 2.24) is 0 Å². The van der Waals surface area contributed by atoms with Gasteiger partial charge in [0.05, 0.1) is 5.56 Å². The van der Waals surface area contributed by atoms with Gasteiger partial charge in [0.2, 0.25) is 0 Å². The van der Waals surface area contributed by atoms with Crippen LogP contribution in [0.2, 0.25) is 0 Å². The predicted molar refractivity (Wildman–Crippen MR) is 53.9 cm³/mol. The zero-order valence-corrected chi connectivity index (χ0v) is 9.00. The lowest BCUT2D eigenvalue weighted by molar-refractivity contribution is -0.141. The summed E-state index contributed by atoms with van der Waals surface area (Å²) in [5.74, 6) is -3.69. The average molecular weight is 244 g/mol. The topological polar surface area (TPSA) is 63.6 Å². The number of hydrogen-bond donors (Lipinski definition) is 1. The number of ether oxygens (including phenoxy) is 1. The zero-order chi connectivity index (χ0) is 13.0. The maximum Gasteiger partial charge on any atom is 0.329 e. The lowest BCUT2D eigenvalue weighted by Gasteiger charge is -2.05. The van der Waals surface area contributed by atoms with Crippen LogP contribution in [0, 0.1) is 18.6 Å². The normalized spacial score (nSPS) is 10.3. The molecule has 0 aliphatic heterocycles. The molecule has 1 aromatic rings. The Labute approximate surface area is 95.8 Å². The van der Waals surface area contributed by atoms with E-state index in [1.807, 2.05) is 0 Å². The molecule has 0 saturated carbocycles. The fourth-order valence-electron chi connectivity index (χ4n) is 1.18. The Morgan fingerprint density at radius 3 is 2.47 bits per heavy atom. The van der Waals surface area contributed by atoms with Crippen molar-refractivity contribution in [2.45, 2.75) is 6.92 Å². The Hall–Kier alpha value is -1.82. The first-order chi connectivity index (χ1) is 7.91. The van der Waals surface area contributed by atoms with Gasteiger partial charge in [0.25, 0.3) is 0 Å². The highest BCUT2D eigenvalue weighted by Crippen LogP contribution is 2.14. The number of rotatable bonds is 5. The van der Waals surface area contributed by atoms with Gasteiger partial charge in [-0.2, -0.15) is 0 Å². The molecule has 0 aliphatic rings. The van der Waals surface area contributed by atoms with Crippen LogP contribution in [0.25, 0.3) is 0 Å². The molecule has 1 rings (SSSR count). The van der Waals surface area contributed by atoms with E-state index in [1.165, 1.54) is 6.92 Å². The van der Waals surface area contributed by atoms with Crippen LogP contribution in [0.3, 0.4) is 0 Å². The number of aliphatic carboxylic acids is 1. The van der Waals surface area contributed by atoms with Gasteiger partial charge in [0.1, 0.15) is 24.8 Å². The summed E-state index contributed by atoms with van der Waals surface area (Å²) in [6, 6.07) is 1.68. The maximum absolute atomic E-state index is 13.2. The van der Waals surface area contributed by atoms with Crippen molar-refractivity contribution in [1.29, 1.82) is 0 Å². The minimum Gasteiger partial charge on any atom is -0.480 e. The number of Topliss-reactive ketones (excluding diaryl/α,β-unsaturated/α-hetero) is 1. The quantitative estimate of drug-likeness (QED) is 0.798. The van der Waals surface area contributed by atoms with Gasteiger partial charge in [-0.15, -0.1) is 0 Å². The van der Waals surface area contributed by atoms with E-state index in [-0.39, 0.29) is 11.1 Å². The van der Waals surface area contributed by atoms with Crippen LogP contribution in [0.15, 0.2) is 12.1 Å². The third-order valence-electron chi connectivity index (χ3n) is 2.01. The second-order valence-electron chi connectivity index (χ2n) is 3.39. The zero-order valence-electron chi connectivity index (χ0n) is 9.00. The van der Waals surface area contributed by atoms with Crippen LogP contribution in [0.1, 0.15) is 15.9 Å². The van der Waals surface area contributed by atoms with Crippen molar-refractivity contribution >= 4 is 11.8 Å². The number of carboxylic acids is 1. The molecule has 0 aliphatic carbocycles. The Kier molecular flexibility index (Phi) is 4.28. The molecule has 0 atom stereocenters. The Balaban J connectivity index is 2.75. The first-order valence-corrected chi connectivity index (χ1v) is 4.70. The molecule has 0 heterocycles. The van der Waals surface area contributed by atoms with Crippen LogP contribution in [-0.4, -0.2) is 30.1 Å². The van der Waals surface area contributed by atoms with Crippen LogP contribution in [0.5, 0.6) is 0 Å². The predicted octanol–water partition coefficient (Wildman–Crippen LogP) is 1.56. The highest BCUT2D eigenvalue weighted by atomic mass is 19.1. The summed E-state index contributed by atoms with van der Waals surface area (Å²) in [6.45, 7) is 0.186. The molecular formula is C11H10F2O4. The number of ketones is 1. The highest BCUT2D eigenvalue weighted by molar-refractivity contribution is 5.97. The van der Waals surface area contributed by atoms with Crippen LogP contribution >= 0.6 is 0 Å². The maximum atomic E-state index is 13.2. The van der Waals surface area contributed by atoms with Gasteiger partial charge >= 0.3 is 5.97 Å². The number of hydrogen-bond acceptors (Lipinski definition) is 3. The summed E-state index contributed by atoms with van der Waals surface area (Å²) in [5, 5.41) is 8.27. The first kappa shape index (κ1) is 13.2. The lowest BCUT2D eigenvalue weighted by atomic mass is 10.1. The molecule has 6 heteroatoms. The fraction of sp³-hybridized carbons (Fsp3) is 0.273. The third kappa shape index (κ3) is 3.60. The largest absolute Gasteiger partial charge is 0.480 e. The van der Waals surface area contributed by atoms with E-state index in [4.69, 9.17) is 5.11 Å². The Bertz CT molecular complexity index is 457. The summed E-state index contributed by atoms with van der Waals surface area (Å²) in [4.78, 5) is 21.6. The summed E-state index contributed by atoms with van der Waals surface area (Å²) >= 11 is 0. The molecule has 0 spiro atoms. The molecule has 0 bridgehead atoms. The minimum absolute atomic E-state index is 0.132. The number of aryl methyl sites for hydroxylation is 1. The van der Waals surface area contributed by atoms with Crippen LogP contribution < -0.4 is 0 Å². The first-order valence-electron chi connectivity index (χ1n) is 4.70. The van der Waals surface area contributed by atoms with Crippen molar-refractivity contribution < 1.29 is 28.2 Å². The van der Waals surface area contributed by atoms with E-state index in [1.54, 1.807) is 0 Å². The smallest absolute Gasteiger partial charge is 0.329 e. The van der Waals surface area contributed by atoms with Crippen molar-refractivity contribution in [2.75, 3.05) is 13.2 Å². The van der Waals surface area contributed by atoms with Crippen molar-refractivity contribution in [3.8, 4) is 0 Å². The second-order valence-corrected chi connectivity index (χ2v) is 3.39. The fourth-order valence-corrected chi connectivity index (χ4v) is 1.18. The molecule has 17 heavy (non-hydrogen) atoms. The molecule has 92 valence electrons. The molecule has 0 unspecified atom stereocenters. The van der Waals surface area contributed by atoms with E-state index >= 15 is 0 Å². The van der Waals surface area contributed by atoms with Crippen molar-refractivity contribution in [3.05, 3.63) is 34.9 Å². The van der Waals surface area contributed by atoms with Gasteiger partial charge in [-0.05, 0) is 18.6 Å². The van der Waals surface area contributed by atoms with Crippen molar-refractivity contribution in [3.63, 3.8) is 0 Å². The van der Waals surface area contributed by atoms with Gasteiger partial charge < -0.3 is 9.84 Å². The second kappa shape index (κ2) is 5.49. The van der Waals surface area contributed by atoms with Gasteiger partial charge in [0, 0.05) is 6.07 Å². The number of carboxylic acid groups (broad SMARTS) is 1.